The molecule has 1 aliphatic carbocycles. The largest absolute Gasteiger partial charge is 0.573 e. The fourth-order valence-corrected chi connectivity index (χ4v) is 10.4. The molecule has 0 unspecified atom stereocenters. The van der Waals surface area contributed by atoms with Crippen LogP contribution in [0.1, 0.15) is 89.0 Å². The first kappa shape index (κ1) is 30.9. The van der Waals surface area contributed by atoms with Gasteiger partial charge < -0.3 is 4.74 Å². The number of benzene rings is 2. The van der Waals surface area contributed by atoms with Crippen LogP contribution in [-0.4, -0.2) is 15.2 Å². The molecule has 0 bridgehead atoms. The summed E-state index contributed by atoms with van der Waals surface area (Å²) in [6.07, 6.45) is 7.74. The van der Waals surface area contributed by atoms with E-state index in [0.29, 0.717) is 23.6 Å². The number of ether oxygens (including phenoxy) is 1. The summed E-state index contributed by atoms with van der Waals surface area (Å²) in [7, 11) is -0.491. The maximum atomic E-state index is 15.0. The summed E-state index contributed by atoms with van der Waals surface area (Å²) in [4.78, 5) is 0. The standard InChI is InChI=1S/C31H39F7OSi/c1-2-3-4-13-40-14-11-21(12-15-40)6-5-20-7-9-22(10-8-20)23-16-25(32)29(26(33)17-23)24-18-27(34)30(28(35)19-24)39-31(36,37)38/h16-22,40H,2-15H2,1H3/t20-,21-,22-,40-. The highest BCUT2D eigenvalue weighted by Crippen LogP contribution is 2.42. The molecule has 40 heavy (non-hydrogen) atoms. The Bertz CT molecular complexity index is 1070. The van der Waals surface area contributed by atoms with Gasteiger partial charge in [0.2, 0.25) is 5.75 Å². The van der Waals surface area contributed by atoms with E-state index >= 15 is 8.78 Å². The second kappa shape index (κ2) is 13.8. The summed E-state index contributed by atoms with van der Waals surface area (Å²) < 4.78 is 98.9. The monoisotopic (exact) mass is 588 g/mol. The minimum atomic E-state index is -5.31. The molecule has 2 fully saturated rings. The van der Waals surface area contributed by atoms with Crippen molar-refractivity contribution in [3.05, 3.63) is 53.1 Å². The third-order valence-corrected chi connectivity index (χ3v) is 12.6. The molecule has 222 valence electrons. The van der Waals surface area contributed by atoms with E-state index < -0.39 is 55.3 Å². The fraction of sp³-hybridized carbons (Fsp3) is 0.613. The van der Waals surface area contributed by atoms with Gasteiger partial charge in [-0.25, -0.2) is 17.6 Å². The summed E-state index contributed by atoms with van der Waals surface area (Å²) >= 11 is 0. The van der Waals surface area contributed by atoms with Crippen molar-refractivity contribution >= 4 is 8.80 Å². The number of halogens is 7. The zero-order chi connectivity index (χ0) is 28.9. The Kier molecular flexibility index (Phi) is 10.6. The Labute approximate surface area is 234 Å². The van der Waals surface area contributed by atoms with Crippen LogP contribution in [0.3, 0.4) is 0 Å². The van der Waals surface area contributed by atoms with Crippen molar-refractivity contribution in [2.24, 2.45) is 11.8 Å². The van der Waals surface area contributed by atoms with Crippen LogP contribution >= 0.6 is 0 Å². The highest BCUT2D eigenvalue weighted by molar-refractivity contribution is 6.58. The molecule has 2 aromatic rings. The molecule has 1 saturated carbocycles. The van der Waals surface area contributed by atoms with Crippen molar-refractivity contribution in [3.63, 3.8) is 0 Å². The van der Waals surface area contributed by atoms with Crippen LogP contribution in [0.4, 0.5) is 30.7 Å². The van der Waals surface area contributed by atoms with Gasteiger partial charge in [-0.1, -0.05) is 70.0 Å². The van der Waals surface area contributed by atoms with Crippen LogP contribution < -0.4 is 4.74 Å². The minimum absolute atomic E-state index is 0.00473. The van der Waals surface area contributed by atoms with Gasteiger partial charge in [-0.15, -0.1) is 13.2 Å². The molecule has 0 aromatic heterocycles. The van der Waals surface area contributed by atoms with Crippen LogP contribution in [0.5, 0.6) is 5.75 Å². The topological polar surface area (TPSA) is 9.23 Å². The average Bonchev–Trinajstić information content (AvgIpc) is 2.90. The molecule has 1 nitrogen and oxygen atoms in total. The normalized spacial score (nSPS) is 23.8. The van der Waals surface area contributed by atoms with E-state index in [9.17, 15) is 22.0 Å². The molecule has 1 heterocycles. The molecule has 0 spiro atoms. The predicted octanol–water partition coefficient (Wildman–Crippen LogP) is 10.7. The number of rotatable bonds is 10. The Morgan fingerprint density at radius 2 is 1.30 bits per heavy atom. The minimum Gasteiger partial charge on any atom is -0.399 e. The smallest absolute Gasteiger partial charge is 0.399 e. The summed E-state index contributed by atoms with van der Waals surface area (Å²) in [5.74, 6) is -5.59. The lowest BCUT2D eigenvalue weighted by Gasteiger charge is -2.32. The SMILES string of the molecule is CCCCC[Si@H]1CC[C@H](CC[C@H]2CC[C@H](c3cc(F)c(-c4cc(F)c(OC(F)(F)F)c(F)c4)c(F)c3)CC2)CC1. The van der Waals surface area contributed by atoms with Gasteiger partial charge in [0, 0.05) is 8.80 Å². The third kappa shape index (κ3) is 8.26. The first-order chi connectivity index (χ1) is 19.0. The molecule has 9 heteroatoms. The van der Waals surface area contributed by atoms with Crippen molar-refractivity contribution in [2.75, 3.05) is 0 Å². The van der Waals surface area contributed by atoms with Crippen molar-refractivity contribution in [3.8, 4) is 16.9 Å². The Balaban J connectivity index is 1.30. The van der Waals surface area contributed by atoms with Crippen molar-refractivity contribution in [2.45, 2.75) is 108 Å². The predicted molar refractivity (Wildman–Crippen MR) is 146 cm³/mol. The number of unbranched alkanes of at least 4 members (excludes halogenated alkanes) is 2. The van der Waals surface area contributed by atoms with Crippen LogP contribution in [-0.2, 0) is 0 Å². The summed E-state index contributed by atoms with van der Waals surface area (Å²) in [6, 6.07) is 7.77. The first-order valence-electron chi connectivity index (χ1n) is 14.8. The third-order valence-electron chi connectivity index (χ3n) is 9.05. The molecule has 0 amide bonds. The van der Waals surface area contributed by atoms with E-state index in [-0.39, 0.29) is 5.92 Å². The molecule has 1 saturated heterocycles. The van der Waals surface area contributed by atoms with Gasteiger partial charge in [0.1, 0.15) is 11.6 Å². The quantitative estimate of drug-likeness (QED) is 0.152. The van der Waals surface area contributed by atoms with Gasteiger partial charge in [0.25, 0.3) is 0 Å². The fourth-order valence-electron chi connectivity index (χ4n) is 6.77. The van der Waals surface area contributed by atoms with E-state index in [0.717, 1.165) is 31.6 Å². The molecule has 4 rings (SSSR count). The Morgan fingerprint density at radius 3 is 1.82 bits per heavy atom. The molecule has 2 aromatic carbocycles. The van der Waals surface area contributed by atoms with Gasteiger partial charge in [-0.2, -0.15) is 0 Å². The van der Waals surface area contributed by atoms with Crippen LogP contribution in [0, 0.1) is 35.1 Å². The second-order valence-electron chi connectivity index (χ2n) is 11.9. The number of hydrogen-bond donors (Lipinski definition) is 0. The second-order valence-corrected chi connectivity index (χ2v) is 15.3. The van der Waals surface area contributed by atoms with Crippen molar-refractivity contribution in [1.82, 2.24) is 0 Å². The molecular weight excluding hydrogens is 549 g/mol. The van der Waals surface area contributed by atoms with E-state index in [1.165, 1.54) is 75.2 Å². The lowest BCUT2D eigenvalue weighted by atomic mass is 9.76. The van der Waals surface area contributed by atoms with Gasteiger partial charge >= 0.3 is 6.36 Å². The Morgan fingerprint density at radius 1 is 0.750 bits per heavy atom. The zero-order valence-electron chi connectivity index (χ0n) is 23.1. The van der Waals surface area contributed by atoms with Crippen molar-refractivity contribution in [1.29, 1.82) is 0 Å². The van der Waals surface area contributed by atoms with E-state index in [2.05, 4.69) is 11.7 Å². The maximum Gasteiger partial charge on any atom is 0.573 e. The molecule has 2 aliphatic rings. The summed E-state index contributed by atoms with van der Waals surface area (Å²) in [6.45, 7) is 2.26. The molecule has 0 atom stereocenters. The van der Waals surface area contributed by atoms with E-state index in [4.69, 9.17) is 0 Å². The summed E-state index contributed by atoms with van der Waals surface area (Å²) in [5, 5.41) is 0. The first-order valence-corrected chi connectivity index (χ1v) is 17.2. The lowest BCUT2D eigenvalue weighted by molar-refractivity contribution is -0.276. The van der Waals surface area contributed by atoms with Crippen molar-refractivity contribution < 1.29 is 35.5 Å². The Hall–Kier alpha value is -2.03. The van der Waals surface area contributed by atoms with Gasteiger partial charge in [0.05, 0.1) is 5.56 Å². The van der Waals surface area contributed by atoms with Gasteiger partial charge in [-0.3, -0.25) is 0 Å². The zero-order valence-corrected chi connectivity index (χ0v) is 24.2. The van der Waals surface area contributed by atoms with E-state index in [1.54, 1.807) is 0 Å². The van der Waals surface area contributed by atoms with Crippen LogP contribution in [0.15, 0.2) is 24.3 Å². The average molecular weight is 589 g/mol. The molecule has 1 aliphatic heterocycles. The van der Waals surface area contributed by atoms with E-state index in [1.807, 2.05) is 0 Å². The maximum absolute atomic E-state index is 15.0. The summed E-state index contributed by atoms with van der Waals surface area (Å²) in [5.41, 5.74) is -0.717. The molecule has 0 N–H and O–H groups in total. The van der Waals surface area contributed by atoms with Crippen LogP contribution in [0.25, 0.3) is 11.1 Å². The molecular formula is C31H39F7OSi. The highest BCUT2D eigenvalue weighted by atomic mass is 28.3. The number of hydrogen-bond acceptors (Lipinski definition) is 1. The van der Waals surface area contributed by atoms with Gasteiger partial charge in [0.15, 0.2) is 11.6 Å². The highest BCUT2D eigenvalue weighted by Gasteiger charge is 2.34. The lowest BCUT2D eigenvalue weighted by Crippen LogP contribution is -2.22. The van der Waals surface area contributed by atoms with Gasteiger partial charge in [-0.05, 0) is 78.8 Å². The number of alkyl halides is 3. The van der Waals surface area contributed by atoms with Crippen LogP contribution in [0.2, 0.25) is 18.1 Å². The molecule has 0 radical (unpaired) electrons.